The summed E-state index contributed by atoms with van der Waals surface area (Å²) in [5.41, 5.74) is 7.33. The van der Waals surface area contributed by atoms with Crippen molar-refractivity contribution in [2.24, 2.45) is 10.9 Å². The van der Waals surface area contributed by atoms with Gasteiger partial charge >= 0.3 is 5.97 Å². The molecule has 0 aromatic heterocycles. The summed E-state index contributed by atoms with van der Waals surface area (Å²) in [6, 6.07) is 16.5. The lowest BCUT2D eigenvalue weighted by atomic mass is 10.2. The second-order valence-electron chi connectivity index (χ2n) is 4.36. The third kappa shape index (κ3) is 4.35. The lowest BCUT2D eigenvalue weighted by Gasteiger charge is -2.06. The normalized spacial score (nSPS) is 11.0. The molecular formula is C16H16N2O3. The molecule has 5 nitrogen and oxygen atoms in total. The maximum Gasteiger partial charge on any atom is 0.372 e. The number of hydrogen-bond donors (Lipinski definition) is 1. The van der Waals surface area contributed by atoms with Crippen molar-refractivity contribution < 1.29 is 14.4 Å². The van der Waals surface area contributed by atoms with E-state index < -0.39 is 5.97 Å². The SMILES string of the molecule is Cc1ccccc1OCC(=O)O/N=C(\N)c1ccccc1. The monoisotopic (exact) mass is 284 g/mol. The molecule has 5 heteroatoms. The van der Waals surface area contributed by atoms with Gasteiger partial charge in [0, 0.05) is 5.56 Å². The van der Waals surface area contributed by atoms with Crippen molar-refractivity contribution in [1.29, 1.82) is 0 Å². The van der Waals surface area contributed by atoms with Gasteiger partial charge in [0.05, 0.1) is 0 Å². The molecule has 2 N–H and O–H groups in total. The van der Waals surface area contributed by atoms with E-state index in [1.165, 1.54) is 0 Å². The number of oxime groups is 1. The highest BCUT2D eigenvalue weighted by molar-refractivity contribution is 5.97. The zero-order valence-corrected chi connectivity index (χ0v) is 11.7. The van der Waals surface area contributed by atoms with Gasteiger partial charge < -0.3 is 15.3 Å². The number of para-hydroxylation sites is 1. The van der Waals surface area contributed by atoms with Crippen LogP contribution in [0.4, 0.5) is 0 Å². The summed E-state index contributed by atoms with van der Waals surface area (Å²) in [5, 5.41) is 3.59. The summed E-state index contributed by atoms with van der Waals surface area (Å²) in [7, 11) is 0. The van der Waals surface area contributed by atoms with Crippen LogP contribution in [0.1, 0.15) is 11.1 Å². The van der Waals surface area contributed by atoms with Crippen LogP contribution in [-0.2, 0) is 9.63 Å². The van der Waals surface area contributed by atoms with Gasteiger partial charge in [0.1, 0.15) is 5.75 Å². The first-order chi connectivity index (χ1) is 10.2. The molecule has 0 bridgehead atoms. The van der Waals surface area contributed by atoms with Crippen molar-refractivity contribution in [2.45, 2.75) is 6.92 Å². The average Bonchev–Trinajstić information content (AvgIpc) is 2.52. The van der Waals surface area contributed by atoms with E-state index in [4.69, 9.17) is 15.3 Å². The fourth-order valence-corrected chi connectivity index (χ4v) is 1.64. The number of amidine groups is 1. The summed E-state index contributed by atoms with van der Waals surface area (Å²) in [6.45, 7) is 1.67. The van der Waals surface area contributed by atoms with Crippen LogP contribution in [0.3, 0.4) is 0 Å². The third-order valence-electron chi connectivity index (χ3n) is 2.75. The van der Waals surface area contributed by atoms with Crippen LogP contribution in [-0.4, -0.2) is 18.4 Å². The predicted octanol–water partition coefficient (Wildman–Crippen LogP) is 2.24. The molecule has 0 atom stereocenters. The molecule has 0 amide bonds. The molecule has 0 saturated carbocycles. The van der Waals surface area contributed by atoms with E-state index in [0.717, 1.165) is 5.56 Å². The highest BCUT2D eigenvalue weighted by Crippen LogP contribution is 2.15. The Morgan fingerprint density at radius 2 is 1.76 bits per heavy atom. The molecule has 2 rings (SSSR count). The quantitative estimate of drug-likeness (QED) is 0.395. The van der Waals surface area contributed by atoms with Gasteiger partial charge in [-0.25, -0.2) is 4.79 Å². The number of hydrogen-bond acceptors (Lipinski definition) is 4. The van der Waals surface area contributed by atoms with E-state index in [0.29, 0.717) is 11.3 Å². The van der Waals surface area contributed by atoms with Crippen LogP contribution in [0.2, 0.25) is 0 Å². The van der Waals surface area contributed by atoms with E-state index in [2.05, 4.69) is 5.16 Å². The summed E-state index contributed by atoms with van der Waals surface area (Å²) in [4.78, 5) is 16.3. The van der Waals surface area contributed by atoms with E-state index in [1.807, 2.05) is 43.3 Å². The molecule has 0 unspecified atom stereocenters. The number of aryl methyl sites for hydroxylation is 1. The summed E-state index contributed by atoms with van der Waals surface area (Å²) < 4.78 is 5.35. The third-order valence-corrected chi connectivity index (χ3v) is 2.75. The predicted molar refractivity (Wildman–Crippen MR) is 79.9 cm³/mol. The van der Waals surface area contributed by atoms with Gasteiger partial charge in [-0.3, -0.25) is 0 Å². The first kappa shape index (κ1) is 14.6. The van der Waals surface area contributed by atoms with Crippen molar-refractivity contribution >= 4 is 11.8 Å². The summed E-state index contributed by atoms with van der Waals surface area (Å²) in [5.74, 6) is 0.159. The molecule has 0 saturated heterocycles. The lowest BCUT2D eigenvalue weighted by molar-refractivity contribution is -0.146. The van der Waals surface area contributed by atoms with Crippen molar-refractivity contribution in [3.8, 4) is 5.75 Å². The highest BCUT2D eigenvalue weighted by atomic mass is 16.7. The maximum atomic E-state index is 11.6. The fourth-order valence-electron chi connectivity index (χ4n) is 1.64. The Hall–Kier alpha value is -2.82. The van der Waals surface area contributed by atoms with Crippen molar-refractivity contribution in [1.82, 2.24) is 0 Å². The minimum Gasteiger partial charge on any atom is -0.482 e. The van der Waals surface area contributed by atoms with Crippen LogP contribution in [0.25, 0.3) is 0 Å². The zero-order chi connectivity index (χ0) is 15.1. The van der Waals surface area contributed by atoms with Crippen LogP contribution >= 0.6 is 0 Å². The molecule has 0 heterocycles. The van der Waals surface area contributed by atoms with Gasteiger partial charge in [0.25, 0.3) is 0 Å². The first-order valence-corrected chi connectivity index (χ1v) is 6.44. The molecule has 0 radical (unpaired) electrons. The lowest BCUT2D eigenvalue weighted by Crippen LogP contribution is -2.18. The molecule has 108 valence electrons. The van der Waals surface area contributed by atoms with E-state index >= 15 is 0 Å². The topological polar surface area (TPSA) is 73.9 Å². The molecule has 0 aliphatic heterocycles. The van der Waals surface area contributed by atoms with Gasteiger partial charge in [0.2, 0.25) is 0 Å². The van der Waals surface area contributed by atoms with Crippen molar-refractivity contribution in [2.75, 3.05) is 6.61 Å². The van der Waals surface area contributed by atoms with Gasteiger partial charge in [-0.05, 0) is 18.6 Å². The van der Waals surface area contributed by atoms with Gasteiger partial charge in [-0.2, -0.15) is 0 Å². The van der Waals surface area contributed by atoms with Crippen molar-refractivity contribution in [3.05, 3.63) is 65.7 Å². The Kier molecular flexibility index (Phi) is 4.93. The molecule has 2 aromatic rings. The molecule has 0 spiro atoms. The Balaban J connectivity index is 1.87. The number of rotatable bonds is 5. The maximum absolute atomic E-state index is 11.6. The Morgan fingerprint density at radius 3 is 2.48 bits per heavy atom. The first-order valence-electron chi connectivity index (χ1n) is 6.44. The second-order valence-corrected chi connectivity index (χ2v) is 4.36. The van der Waals surface area contributed by atoms with Gasteiger partial charge in [-0.1, -0.05) is 53.7 Å². The van der Waals surface area contributed by atoms with Crippen LogP contribution in [0, 0.1) is 6.92 Å². The molecular weight excluding hydrogens is 268 g/mol. The Morgan fingerprint density at radius 1 is 1.10 bits per heavy atom. The van der Waals surface area contributed by atoms with Crippen LogP contribution in [0.15, 0.2) is 59.8 Å². The number of ether oxygens (including phenoxy) is 1. The van der Waals surface area contributed by atoms with Crippen molar-refractivity contribution in [3.63, 3.8) is 0 Å². The second kappa shape index (κ2) is 7.09. The fraction of sp³-hybridized carbons (Fsp3) is 0.125. The number of nitrogens with two attached hydrogens (primary N) is 1. The number of nitrogens with zero attached hydrogens (tertiary/aromatic N) is 1. The molecule has 0 aliphatic rings. The summed E-state index contributed by atoms with van der Waals surface area (Å²) in [6.07, 6.45) is 0. The average molecular weight is 284 g/mol. The van der Waals surface area contributed by atoms with E-state index in [9.17, 15) is 4.79 Å². The van der Waals surface area contributed by atoms with Crippen LogP contribution in [0.5, 0.6) is 5.75 Å². The zero-order valence-electron chi connectivity index (χ0n) is 11.7. The number of carbonyl (C=O) groups is 1. The largest absolute Gasteiger partial charge is 0.482 e. The van der Waals surface area contributed by atoms with E-state index in [1.54, 1.807) is 18.2 Å². The minimum atomic E-state index is -0.614. The van der Waals surface area contributed by atoms with Gasteiger partial charge in [0.15, 0.2) is 12.4 Å². The highest BCUT2D eigenvalue weighted by Gasteiger charge is 2.06. The number of carbonyl (C=O) groups excluding carboxylic acids is 1. The Bertz CT molecular complexity index is 639. The van der Waals surface area contributed by atoms with Gasteiger partial charge in [-0.15, -0.1) is 0 Å². The minimum absolute atomic E-state index is 0.139. The number of benzene rings is 2. The molecule has 0 fully saturated rings. The van der Waals surface area contributed by atoms with E-state index in [-0.39, 0.29) is 12.4 Å². The summed E-state index contributed by atoms with van der Waals surface area (Å²) >= 11 is 0. The molecule has 21 heavy (non-hydrogen) atoms. The van der Waals surface area contributed by atoms with Crippen LogP contribution < -0.4 is 10.5 Å². The molecule has 0 aliphatic carbocycles. The Labute approximate surface area is 123 Å². The smallest absolute Gasteiger partial charge is 0.372 e. The standard InChI is InChI=1S/C16H16N2O3/c1-12-7-5-6-10-14(12)20-11-15(19)21-18-16(17)13-8-3-2-4-9-13/h2-10H,11H2,1H3,(H2,17,18). The molecule has 2 aromatic carbocycles.